The number of para-hydroxylation sites is 1. The zero-order valence-corrected chi connectivity index (χ0v) is 16.6. The van der Waals surface area contributed by atoms with Crippen LogP contribution in [0.2, 0.25) is 0 Å². The molecular formula is C23H25N5O. The quantitative estimate of drug-likeness (QED) is 0.607. The highest BCUT2D eigenvalue weighted by molar-refractivity contribution is 5.61. The molecule has 1 fully saturated rings. The number of carbonyl (C=O) groups is 1. The average molecular weight is 387 g/mol. The van der Waals surface area contributed by atoms with Gasteiger partial charge in [0.2, 0.25) is 12.4 Å². The van der Waals surface area contributed by atoms with Crippen LogP contribution < -0.4 is 9.80 Å². The maximum atomic E-state index is 11.0. The minimum atomic E-state index is 0.697. The van der Waals surface area contributed by atoms with Gasteiger partial charge in [0.1, 0.15) is 5.82 Å². The van der Waals surface area contributed by atoms with Crippen molar-refractivity contribution in [3.8, 4) is 0 Å². The number of piperazine rings is 1. The molecule has 0 radical (unpaired) electrons. The molecule has 0 saturated carbocycles. The van der Waals surface area contributed by atoms with Crippen molar-refractivity contribution in [2.24, 2.45) is 0 Å². The monoisotopic (exact) mass is 387 g/mol. The predicted octanol–water partition coefficient (Wildman–Crippen LogP) is 3.40. The van der Waals surface area contributed by atoms with Gasteiger partial charge in [-0.2, -0.15) is 4.98 Å². The first-order valence-electron chi connectivity index (χ1n) is 9.89. The molecule has 1 aliphatic heterocycles. The maximum absolute atomic E-state index is 11.0. The second kappa shape index (κ2) is 8.73. The van der Waals surface area contributed by atoms with Crippen molar-refractivity contribution in [1.29, 1.82) is 0 Å². The first kappa shape index (κ1) is 18.9. The van der Waals surface area contributed by atoms with E-state index in [0.29, 0.717) is 13.1 Å². The number of aryl methyl sites for hydroxylation is 1. The van der Waals surface area contributed by atoms with Crippen molar-refractivity contribution in [2.75, 3.05) is 36.0 Å². The third kappa shape index (κ3) is 4.54. The Morgan fingerprint density at radius 3 is 2.24 bits per heavy atom. The minimum Gasteiger partial charge on any atom is -0.342 e. The molecule has 29 heavy (non-hydrogen) atoms. The van der Waals surface area contributed by atoms with Crippen molar-refractivity contribution >= 4 is 23.9 Å². The summed E-state index contributed by atoms with van der Waals surface area (Å²) in [6, 6.07) is 22.7. The molecule has 0 spiro atoms. The van der Waals surface area contributed by atoms with Crippen LogP contribution in [0.3, 0.4) is 0 Å². The average Bonchev–Trinajstić information content (AvgIpc) is 2.78. The van der Waals surface area contributed by atoms with E-state index >= 15 is 0 Å². The molecule has 1 amide bonds. The van der Waals surface area contributed by atoms with E-state index in [4.69, 9.17) is 4.98 Å². The number of amides is 1. The smallest absolute Gasteiger partial charge is 0.227 e. The first-order chi connectivity index (χ1) is 14.2. The van der Waals surface area contributed by atoms with E-state index in [1.165, 1.54) is 5.56 Å². The number of carbonyl (C=O) groups excluding carboxylic acids is 1. The summed E-state index contributed by atoms with van der Waals surface area (Å²) in [6.07, 6.45) is 0.914. The van der Waals surface area contributed by atoms with E-state index in [-0.39, 0.29) is 0 Å². The van der Waals surface area contributed by atoms with E-state index in [0.717, 1.165) is 49.2 Å². The number of rotatable bonds is 6. The Morgan fingerprint density at radius 1 is 0.931 bits per heavy atom. The maximum Gasteiger partial charge on any atom is 0.227 e. The molecule has 0 unspecified atom stereocenters. The van der Waals surface area contributed by atoms with Crippen molar-refractivity contribution in [1.82, 2.24) is 14.9 Å². The molecule has 0 N–H and O–H groups in total. The van der Waals surface area contributed by atoms with Crippen LogP contribution in [0.25, 0.3) is 0 Å². The van der Waals surface area contributed by atoms with E-state index < -0.39 is 0 Å². The highest BCUT2D eigenvalue weighted by atomic mass is 16.1. The summed E-state index contributed by atoms with van der Waals surface area (Å²) < 4.78 is 0. The number of hydrogen-bond donors (Lipinski definition) is 0. The molecule has 6 nitrogen and oxygen atoms in total. The summed E-state index contributed by atoms with van der Waals surface area (Å²) in [5.74, 6) is 1.60. The predicted molar refractivity (Wildman–Crippen MR) is 115 cm³/mol. The Labute approximate surface area is 171 Å². The van der Waals surface area contributed by atoms with Crippen LogP contribution >= 0.6 is 0 Å². The van der Waals surface area contributed by atoms with Gasteiger partial charge in [0.15, 0.2) is 0 Å². The molecule has 2 aromatic carbocycles. The molecule has 6 heteroatoms. The fourth-order valence-electron chi connectivity index (χ4n) is 3.52. The third-order valence-corrected chi connectivity index (χ3v) is 5.10. The summed E-state index contributed by atoms with van der Waals surface area (Å²) in [6.45, 7) is 5.60. The van der Waals surface area contributed by atoms with Crippen molar-refractivity contribution in [3.05, 3.63) is 78.0 Å². The molecule has 0 atom stereocenters. The SMILES string of the molecule is Cc1cc(N(Cc2ccccc2)c2ccccc2)nc(N2CCN(C=O)CC2)n1. The lowest BCUT2D eigenvalue weighted by atomic mass is 10.2. The summed E-state index contributed by atoms with van der Waals surface area (Å²) >= 11 is 0. The fraction of sp³-hybridized carbons (Fsp3) is 0.261. The van der Waals surface area contributed by atoms with E-state index in [9.17, 15) is 4.79 Å². The fourth-order valence-corrected chi connectivity index (χ4v) is 3.52. The highest BCUT2D eigenvalue weighted by Gasteiger charge is 2.20. The number of hydrogen-bond acceptors (Lipinski definition) is 5. The Kier molecular flexibility index (Phi) is 5.70. The van der Waals surface area contributed by atoms with E-state index in [2.05, 4.69) is 51.2 Å². The molecule has 1 saturated heterocycles. The normalized spacial score (nSPS) is 14.0. The topological polar surface area (TPSA) is 52.6 Å². The zero-order chi connectivity index (χ0) is 20.1. The van der Waals surface area contributed by atoms with Crippen LogP contribution in [0.5, 0.6) is 0 Å². The number of aromatic nitrogens is 2. The van der Waals surface area contributed by atoms with Gasteiger partial charge in [-0.05, 0) is 24.6 Å². The van der Waals surface area contributed by atoms with Gasteiger partial charge < -0.3 is 14.7 Å². The summed E-state index contributed by atoms with van der Waals surface area (Å²) in [5, 5.41) is 0. The lowest BCUT2D eigenvalue weighted by Crippen LogP contribution is -2.46. The molecule has 3 aromatic rings. The second-order valence-electron chi connectivity index (χ2n) is 7.20. The summed E-state index contributed by atoms with van der Waals surface area (Å²) in [7, 11) is 0. The number of nitrogens with zero attached hydrogens (tertiary/aromatic N) is 5. The molecule has 0 bridgehead atoms. The zero-order valence-electron chi connectivity index (χ0n) is 16.6. The van der Waals surface area contributed by atoms with Crippen LogP contribution in [0.15, 0.2) is 66.7 Å². The van der Waals surface area contributed by atoms with Crippen LogP contribution in [0.4, 0.5) is 17.5 Å². The molecule has 148 valence electrons. The van der Waals surface area contributed by atoms with Gasteiger partial charge in [-0.3, -0.25) is 4.79 Å². The lowest BCUT2D eigenvalue weighted by molar-refractivity contribution is -0.118. The summed E-state index contributed by atoms with van der Waals surface area (Å²) in [4.78, 5) is 26.8. The standard InChI is InChI=1S/C23H25N5O/c1-19-16-22(25-23(24-19)27-14-12-26(18-29)13-15-27)28(21-10-6-3-7-11-21)17-20-8-4-2-5-9-20/h2-11,16,18H,12-15,17H2,1H3. The number of benzene rings is 2. The van der Waals surface area contributed by atoms with Crippen molar-refractivity contribution in [2.45, 2.75) is 13.5 Å². The van der Waals surface area contributed by atoms with Crippen LogP contribution in [0.1, 0.15) is 11.3 Å². The largest absolute Gasteiger partial charge is 0.342 e. The molecular weight excluding hydrogens is 362 g/mol. The van der Waals surface area contributed by atoms with Gasteiger partial charge in [-0.25, -0.2) is 4.98 Å². The van der Waals surface area contributed by atoms with Crippen LogP contribution in [-0.4, -0.2) is 47.5 Å². The minimum absolute atomic E-state index is 0.697. The Morgan fingerprint density at radius 2 is 1.59 bits per heavy atom. The molecule has 0 aliphatic carbocycles. The van der Waals surface area contributed by atoms with Crippen LogP contribution in [0, 0.1) is 6.92 Å². The molecule has 4 rings (SSSR count). The van der Waals surface area contributed by atoms with Crippen molar-refractivity contribution < 1.29 is 4.79 Å². The Bertz CT molecular complexity index is 940. The molecule has 1 aliphatic rings. The van der Waals surface area contributed by atoms with Gasteiger partial charge in [-0.15, -0.1) is 0 Å². The lowest BCUT2D eigenvalue weighted by Gasteiger charge is -2.33. The Hall–Kier alpha value is -3.41. The van der Waals surface area contributed by atoms with Crippen molar-refractivity contribution in [3.63, 3.8) is 0 Å². The van der Waals surface area contributed by atoms with Gasteiger partial charge in [-0.1, -0.05) is 48.5 Å². The van der Waals surface area contributed by atoms with E-state index in [1.807, 2.05) is 37.3 Å². The molecule has 1 aromatic heterocycles. The van der Waals surface area contributed by atoms with Gasteiger partial charge in [0.05, 0.1) is 0 Å². The van der Waals surface area contributed by atoms with E-state index in [1.54, 1.807) is 4.90 Å². The third-order valence-electron chi connectivity index (χ3n) is 5.10. The van der Waals surface area contributed by atoms with Gasteiger partial charge in [0, 0.05) is 50.2 Å². The molecule has 2 heterocycles. The number of anilines is 3. The van der Waals surface area contributed by atoms with Crippen LogP contribution in [-0.2, 0) is 11.3 Å². The summed E-state index contributed by atoms with van der Waals surface area (Å²) in [5.41, 5.74) is 3.23. The van der Waals surface area contributed by atoms with Gasteiger partial charge in [0.25, 0.3) is 0 Å². The first-order valence-corrected chi connectivity index (χ1v) is 9.89. The Balaban J connectivity index is 1.67. The highest BCUT2D eigenvalue weighted by Crippen LogP contribution is 2.28. The second-order valence-corrected chi connectivity index (χ2v) is 7.20. The van der Waals surface area contributed by atoms with Gasteiger partial charge >= 0.3 is 0 Å².